The molecule has 0 aliphatic carbocycles. The SMILES string of the molecule is C=O.CN.CNc1ccc(C(=O)NC(Cc2ccccc2)C(=O)OP)cc1. The van der Waals surface area contributed by atoms with Crippen LogP contribution in [-0.4, -0.2) is 38.8 Å². The summed E-state index contributed by atoms with van der Waals surface area (Å²) < 4.78 is 4.71. The zero-order valence-corrected chi connectivity index (χ0v) is 16.6. The third kappa shape index (κ3) is 8.44. The predicted molar refractivity (Wildman–Crippen MR) is 110 cm³/mol. The van der Waals surface area contributed by atoms with Crippen molar-refractivity contribution in [1.29, 1.82) is 0 Å². The van der Waals surface area contributed by atoms with Crippen molar-refractivity contribution in [1.82, 2.24) is 5.32 Å². The number of rotatable bonds is 6. The molecule has 0 heterocycles. The Morgan fingerprint density at radius 3 is 2.11 bits per heavy atom. The molecule has 2 unspecified atom stereocenters. The van der Waals surface area contributed by atoms with Gasteiger partial charge in [-0.05, 0) is 36.9 Å². The maximum atomic E-state index is 12.3. The fourth-order valence-corrected chi connectivity index (χ4v) is 2.32. The van der Waals surface area contributed by atoms with E-state index in [-0.39, 0.29) is 5.91 Å². The van der Waals surface area contributed by atoms with Crippen molar-refractivity contribution in [3.63, 3.8) is 0 Å². The van der Waals surface area contributed by atoms with Crippen molar-refractivity contribution in [2.75, 3.05) is 19.4 Å². The van der Waals surface area contributed by atoms with Crippen molar-refractivity contribution in [2.24, 2.45) is 5.73 Å². The van der Waals surface area contributed by atoms with Gasteiger partial charge in [-0.3, -0.25) is 4.79 Å². The van der Waals surface area contributed by atoms with Gasteiger partial charge in [0.05, 0.1) is 9.47 Å². The summed E-state index contributed by atoms with van der Waals surface area (Å²) in [6, 6.07) is 15.7. The minimum absolute atomic E-state index is 0.316. The first-order valence-electron chi connectivity index (χ1n) is 8.04. The molecule has 7 nitrogen and oxygen atoms in total. The summed E-state index contributed by atoms with van der Waals surface area (Å²) in [5.41, 5.74) is 6.84. The highest BCUT2D eigenvalue weighted by Crippen LogP contribution is 2.10. The first-order chi connectivity index (χ1) is 13.1. The molecule has 0 aliphatic rings. The van der Waals surface area contributed by atoms with E-state index in [4.69, 9.17) is 9.32 Å². The predicted octanol–water partition coefficient (Wildman–Crippen LogP) is 1.79. The van der Waals surface area contributed by atoms with E-state index in [2.05, 4.69) is 16.4 Å². The molecule has 2 rings (SSSR count). The van der Waals surface area contributed by atoms with Crippen LogP contribution in [0.15, 0.2) is 54.6 Å². The van der Waals surface area contributed by atoms with Crippen molar-refractivity contribution in [3.05, 3.63) is 65.7 Å². The molecule has 0 bridgehead atoms. The van der Waals surface area contributed by atoms with Crippen LogP contribution in [-0.2, 0) is 20.5 Å². The normalized spacial score (nSPS) is 10.1. The Kier molecular flexibility index (Phi) is 12.9. The standard InChI is InChI=1S/C17H19N2O3P.CH5N.CH2O/c1-18-14-9-7-13(8-10-14)16(20)19-15(17(21)22-23)11-12-5-3-2-4-6-12;2*1-2/h2-10,15,18H,11,23H2,1H3,(H,19,20);2H2,1H3;1H2. The number of nitrogens with one attached hydrogen (secondary N) is 2. The first-order valence-corrected chi connectivity index (χ1v) is 8.51. The molecule has 0 aliphatic heterocycles. The molecular weight excluding hydrogens is 365 g/mol. The Morgan fingerprint density at radius 2 is 1.63 bits per heavy atom. The molecule has 27 heavy (non-hydrogen) atoms. The summed E-state index contributed by atoms with van der Waals surface area (Å²) in [6.07, 6.45) is 0.369. The summed E-state index contributed by atoms with van der Waals surface area (Å²) in [6.45, 7) is 2.00. The summed E-state index contributed by atoms with van der Waals surface area (Å²) in [5, 5.41) is 5.71. The number of hydrogen-bond acceptors (Lipinski definition) is 6. The van der Waals surface area contributed by atoms with E-state index < -0.39 is 12.0 Å². The van der Waals surface area contributed by atoms with E-state index >= 15 is 0 Å². The van der Waals surface area contributed by atoms with Crippen LogP contribution in [0.4, 0.5) is 5.69 Å². The van der Waals surface area contributed by atoms with Gasteiger partial charge in [-0.2, -0.15) is 0 Å². The lowest BCUT2D eigenvalue weighted by Crippen LogP contribution is -2.42. The largest absolute Gasteiger partial charge is 0.450 e. The van der Waals surface area contributed by atoms with Crippen LogP contribution in [0.1, 0.15) is 15.9 Å². The van der Waals surface area contributed by atoms with Gasteiger partial charge in [-0.15, -0.1) is 0 Å². The lowest BCUT2D eigenvalue weighted by Gasteiger charge is -2.16. The topological polar surface area (TPSA) is 111 Å². The van der Waals surface area contributed by atoms with Crippen LogP contribution in [0.3, 0.4) is 0 Å². The summed E-state index contributed by atoms with van der Waals surface area (Å²) in [4.78, 5) is 32.2. The van der Waals surface area contributed by atoms with Crippen LogP contribution >= 0.6 is 9.47 Å². The van der Waals surface area contributed by atoms with Crippen molar-refractivity contribution in [3.8, 4) is 0 Å². The summed E-state index contributed by atoms with van der Waals surface area (Å²) >= 11 is 0. The smallest absolute Gasteiger partial charge is 0.331 e. The number of hydrogen-bond donors (Lipinski definition) is 3. The van der Waals surface area contributed by atoms with Crippen LogP contribution in [0.25, 0.3) is 0 Å². The zero-order chi connectivity index (χ0) is 20.7. The van der Waals surface area contributed by atoms with Gasteiger partial charge in [0.25, 0.3) is 5.91 Å². The fourth-order valence-electron chi connectivity index (χ4n) is 2.16. The number of carbonyl (C=O) groups is 3. The van der Waals surface area contributed by atoms with Gasteiger partial charge in [0, 0.05) is 24.7 Å². The van der Waals surface area contributed by atoms with Crippen LogP contribution in [0, 0.1) is 0 Å². The molecule has 4 N–H and O–H groups in total. The number of anilines is 1. The van der Waals surface area contributed by atoms with Gasteiger partial charge in [-0.1, -0.05) is 30.3 Å². The Balaban J connectivity index is 0.00000158. The molecule has 1 amide bonds. The van der Waals surface area contributed by atoms with Gasteiger partial charge < -0.3 is 25.7 Å². The van der Waals surface area contributed by atoms with Gasteiger partial charge in [0.15, 0.2) is 0 Å². The highest BCUT2D eigenvalue weighted by atomic mass is 31.0. The third-order valence-electron chi connectivity index (χ3n) is 3.42. The highest BCUT2D eigenvalue weighted by molar-refractivity contribution is 7.10. The molecule has 2 aromatic carbocycles. The van der Waals surface area contributed by atoms with Crippen molar-refractivity contribution in [2.45, 2.75) is 12.5 Å². The summed E-state index contributed by atoms with van der Waals surface area (Å²) in [5.74, 6) is -0.817. The Bertz CT molecular complexity index is 681. The van der Waals surface area contributed by atoms with E-state index in [0.717, 1.165) is 11.3 Å². The maximum Gasteiger partial charge on any atom is 0.331 e. The Labute approximate surface area is 162 Å². The fraction of sp³-hybridized carbons (Fsp3) is 0.211. The van der Waals surface area contributed by atoms with Crippen LogP contribution in [0.5, 0.6) is 0 Å². The lowest BCUT2D eigenvalue weighted by molar-refractivity contribution is -0.135. The molecule has 0 saturated carbocycles. The first kappa shape index (κ1) is 24.2. The average molecular weight is 391 g/mol. The zero-order valence-electron chi connectivity index (χ0n) is 15.5. The quantitative estimate of drug-likeness (QED) is 0.648. The highest BCUT2D eigenvalue weighted by Gasteiger charge is 2.22. The van der Waals surface area contributed by atoms with Gasteiger partial charge in [0.2, 0.25) is 0 Å². The molecule has 2 aromatic rings. The molecule has 0 fully saturated rings. The second-order valence-electron chi connectivity index (χ2n) is 4.98. The number of benzene rings is 2. The number of amides is 1. The van der Waals surface area contributed by atoms with Crippen LogP contribution in [0.2, 0.25) is 0 Å². The van der Waals surface area contributed by atoms with E-state index in [0.29, 0.717) is 12.0 Å². The molecule has 2 atom stereocenters. The third-order valence-corrected chi connectivity index (χ3v) is 3.66. The monoisotopic (exact) mass is 391 g/mol. The number of nitrogens with two attached hydrogens (primary N) is 1. The van der Waals surface area contributed by atoms with Gasteiger partial charge >= 0.3 is 5.97 Å². The Morgan fingerprint density at radius 1 is 1.07 bits per heavy atom. The van der Waals surface area contributed by atoms with E-state index in [9.17, 15) is 9.59 Å². The average Bonchev–Trinajstić information content (AvgIpc) is 2.76. The summed E-state index contributed by atoms with van der Waals surface area (Å²) in [7, 11) is 5.23. The van der Waals surface area contributed by atoms with Crippen molar-refractivity contribution < 1.29 is 18.9 Å². The Hall–Kier alpha value is -2.76. The van der Waals surface area contributed by atoms with Gasteiger partial charge in [-0.25, -0.2) is 4.79 Å². The minimum Gasteiger partial charge on any atom is -0.450 e. The van der Waals surface area contributed by atoms with E-state index in [1.165, 1.54) is 7.05 Å². The van der Waals surface area contributed by atoms with E-state index in [1.54, 1.807) is 31.3 Å². The maximum absolute atomic E-state index is 12.3. The molecule has 0 aromatic heterocycles. The lowest BCUT2D eigenvalue weighted by atomic mass is 10.1. The number of carbonyl (C=O) groups excluding carboxylic acids is 3. The molecule has 0 radical (unpaired) electrons. The second-order valence-corrected chi connectivity index (χ2v) is 5.22. The molecule has 0 saturated heterocycles. The molecule has 8 heteroatoms. The van der Waals surface area contributed by atoms with E-state index in [1.807, 2.05) is 46.6 Å². The van der Waals surface area contributed by atoms with Gasteiger partial charge in [0.1, 0.15) is 12.8 Å². The molecule has 146 valence electrons. The minimum atomic E-state index is -0.744. The molecule has 0 spiro atoms. The van der Waals surface area contributed by atoms with Crippen LogP contribution < -0.4 is 16.4 Å². The molecular formula is C19H26N3O4P. The van der Waals surface area contributed by atoms with Crippen molar-refractivity contribution >= 4 is 33.8 Å². The second kappa shape index (κ2) is 14.4.